The van der Waals surface area contributed by atoms with Crippen LogP contribution < -0.4 is 5.56 Å². The van der Waals surface area contributed by atoms with Crippen molar-refractivity contribution in [1.29, 1.82) is 0 Å². The second-order valence-corrected chi connectivity index (χ2v) is 7.33. The Bertz CT molecular complexity index is 1160. The van der Waals surface area contributed by atoms with E-state index in [2.05, 4.69) is 20.1 Å². The lowest BCUT2D eigenvalue weighted by atomic mass is 10.3. The van der Waals surface area contributed by atoms with Crippen LogP contribution in [0.5, 0.6) is 0 Å². The Morgan fingerprint density at radius 1 is 1.26 bits per heavy atom. The van der Waals surface area contributed by atoms with Gasteiger partial charge in [0.1, 0.15) is 5.69 Å². The first-order chi connectivity index (χ1) is 13.1. The van der Waals surface area contributed by atoms with Gasteiger partial charge in [-0.25, -0.2) is 14.5 Å². The molecule has 4 heterocycles. The maximum atomic E-state index is 13.1. The van der Waals surface area contributed by atoms with Gasteiger partial charge in [0, 0.05) is 18.8 Å². The first-order valence-electron chi connectivity index (χ1n) is 9.13. The van der Waals surface area contributed by atoms with E-state index in [4.69, 9.17) is 5.10 Å². The molecule has 1 N–H and O–H groups in total. The number of aromatic amines is 1. The average molecular weight is 364 g/mol. The molecular formula is C18H20N8O. The minimum Gasteiger partial charge on any atom is -0.343 e. The molecule has 0 aliphatic heterocycles. The molecule has 0 atom stereocenters. The van der Waals surface area contributed by atoms with Gasteiger partial charge < -0.3 is 4.98 Å². The summed E-state index contributed by atoms with van der Waals surface area (Å²) in [6, 6.07) is -0.0518. The van der Waals surface area contributed by atoms with Crippen molar-refractivity contribution in [3.8, 4) is 22.8 Å². The number of fused-ring (bicyclic) bond motifs is 1. The highest BCUT2D eigenvalue weighted by atomic mass is 16.1. The summed E-state index contributed by atoms with van der Waals surface area (Å²) in [5, 5.41) is 9.23. The SMILES string of the molecule is CC(C)n1c(-c2cnn(CC3CC3)c2)nn2c(-c3cnc[nH]3)cnc2c1=O. The number of hydrogen-bond acceptors (Lipinski definition) is 5. The monoisotopic (exact) mass is 364 g/mol. The van der Waals surface area contributed by atoms with Gasteiger partial charge in [-0.1, -0.05) is 0 Å². The Kier molecular flexibility index (Phi) is 3.49. The summed E-state index contributed by atoms with van der Waals surface area (Å²) in [4.78, 5) is 24.5. The zero-order chi connectivity index (χ0) is 18.5. The molecular weight excluding hydrogens is 344 g/mol. The fourth-order valence-electron chi connectivity index (χ4n) is 3.34. The highest BCUT2D eigenvalue weighted by Gasteiger charge is 2.23. The van der Waals surface area contributed by atoms with Crippen LogP contribution in [-0.2, 0) is 6.54 Å². The molecule has 0 amide bonds. The molecule has 138 valence electrons. The second kappa shape index (κ2) is 5.90. The number of H-pyrrole nitrogens is 1. The first kappa shape index (κ1) is 16.0. The highest BCUT2D eigenvalue weighted by molar-refractivity contribution is 5.60. The molecule has 0 bridgehead atoms. The van der Waals surface area contributed by atoms with E-state index >= 15 is 0 Å². The molecule has 0 unspecified atom stereocenters. The first-order valence-corrected chi connectivity index (χ1v) is 9.13. The van der Waals surface area contributed by atoms with Crippen molar-refractivity contribution in [3.05, 3.63) is 41.5 Å². The Hall–Kier alpha value is -3.23. The molecule has 27 heavy (non-hydrogen) atoms. The molecule has 1 saturated carbocycles. The smallest absolute Gasteiger partial charge is 0.297 e. The average Bonchev–Trinajstić information content (AvgIpc) is 3.07. The van der Waals surface area contributed by atoms with Crippen LogP contribution in [-0.4, -0.2) is 38.9 Å². The predicted molar refractivity (Wildman–Crippen MR) is 99.2 cm³/mol. The maximum Gasteiger partial charge on any atom is 0.297 e. The van der Waals surface area contributed by atoms with Crippen molar-refractivity contribution in [1.82, 2.24) is 38.9 Å². The van der Waals surface area contributed by atoms with Crippen molar-refractivity contribution < 1.29 is 0 Å². The summed E-state index contributed by atoms with van der Waals surface area (Å²) in [5.74, 6) is 1.31. The molecule has 0 spiro atoms. The molecule has 0 aromatic carbocycles. The van der Waals surface area contributed by atoms with Crippen LogP contribution >= 0.6 is 0 Å². The van der Waals surface area contributed by atoms with Gasteiger partial charge in [-0.3, -0.25) is 14.0 Å². The van der Waals surface area contributed by atoms with Crippen molar-refractivity contribution in [2.45, 2.75) is 39.3 Å². The second-order valence-electron chi connectivity index (χ2n) is 7.33. The van der Waals surface area contributed by atoms with Crippen molar-refractivity contribution in [2.24, 2.45) is 5.92 Å². The zero-order valence-corrected chi connectivity index (χ0v) is 15.2. The molecule has 0 radical (unpaired) electrons. The number of rotatable bonds is 5. The van der Waals surface area contributed by atoms with Crippen molar-refractivity contribution in [2.75, 3.05) is 0 Å². The standard InChI is InChI=1S/C18H20N8O/c1-11(2)25-16(13-5-22-24(9-13)8-12-3-4-12)23-26-15(14-6-19-10-21-14)7-20-17(26)18(25)27/h5-7,9-12H,3-4,8H2,1-2H3,(H,19,21). The van der Waals surface area contributed by atoms with Gasteiger partial charge in [0.2, 0.25) is 5.65 Å². The summed E-state index contributed by atoms with van der Waals surface area (Å²) in [6.45, 7) is 4.85. The van der Waals surface area contributed by atoms with Crippen LogP contribution in [0.25, 0.3) is 28.4 Å². The molecule has 5 rings (SSSR count). The minimum absolute atomic E-state index is 0.0518. The van der Waals surface area contributed by atoms with E-state index in [1.54, 1.807) is 34.0 Å². The van der Waals surface area contributed by atoms with Crippen molar-refractivity contribution >= 4 is 5.65 Å². The largest absolute Gasteiger partial charge is 0.343 e. The molecule has 0 saturated heterocycles. The Labute approximate surface area is 154 Å². The highest BCUT2D eigenvalue weighted by Crippen LogP contribution is 2.31. The third-order valence-corrected chi connectivity index (χ3v) is 4.90. The van der Waals surface area contributed by atoms with Gasteiger partial charge in [0.25, 0.3) is 5.56 Å². The van der Waals surface area contributed by atoms with Crippen LogP contribution in [0.1, 0.15) is 32.7 Å². The van der Waals surface area contributed by atoms with Crippen LogP contribution in [0, 0.1) is 5.92 Å². The van der Waals surface area contributed by atoms with Gasteiger partial charge in [0.15, 0.2) is 5.82 Å². The lowest BCUT2D eigenvalue weighted by Gasteiger charge is -2.15. The Morgan fingerprint density at radius 2 is 2.11 bits per heavy atom. The topological polar surface area (TPSA) is 98.7 Å². The van der Waals surface area contributed by atoms with Crippen LogP contribution in [0.2, 0.25) is 0 Å². The lowest BCUT2D eigenvalue weighted by molar-refractivity contribution is 0.560. The van der Waals surface area contributed by atoms with E-state index in [0.29, 0.717) is 17.2 Å². The third kappa shape index (κ3) is 2.66. The van der Waals surface area contributed by atoms with E-state index in [9.17, 15) is 4.79 Å². The predicted octanol–water partition coefficient (Wildman–Crippen LogP) is 2.14. The van der Waals surface area contributed by atoms with Crippen LogP contribution in [0.15, 0.2) is 35.9 Å². The minimum atomic E-state index is -0.171. The molecule has 9 nitrogen and oxygen atoms in total. The van der Waals surface area contributed by atoms with Gasteiger partial charge in [-0.05, 0) is 32.6 Å². The summed E-state index contributed by atoms with van der Waals surface area (Å²) in [5.41, 5.74) is 2.40. The van der Waals surface area contributed by atoms with E-state index in [0.717, 1.165) is 23.7 Å². The van der Waals surface area contributed by atoms with Gasteiger partial charge >= 0.3 is 0 Å². The normalized spacial score (nSPS) is 14.5. The fraction of sp³-hybridized carbons (Fsp3) is 0.389. The van der Waals surface area contributed by atoms with Crippen LogP contribution in [0.4, 0.5) is 0 Å². The molecule has 4 aromatic heterocycles. The van der Waals surface area contributed by atoms with Crippen molar-refractivity contribution in [3.63, 3.8) is 0 Å². The molecule has 9 heteroatoms. The number of aromatic nitrogens is 8. The van der Waals surface area contributed by atoms with Gasteiger partial charge in [-0.2, -0.15) is 5.10 Å². The fourth-order valence-corrected chi connectivity index (χ4v) is 3.34. The van der Waals surface area contributed by atoms with Gasteiger partial charge in [-0.15, -0.1) is 5.10 Å². The van der Waals surface area contributed by atoms with E-state index < -0.39 is 0 Å². The number of nitrogens with zero attached hydrogens (tertiary/aromatic N) is 7. The van der Waals surface area contributed by atoms with Crippen LogP contribution in [0.3, 0.4) is 0 Å². The van der Waals surface area contributed by atoms with E-state index in [1.807, 2.05) is 24.7 Å². The molecule has 4 aromatic rings. The van der Waals surface area contributed by atoms with E-state index in [-0.39, 0.29) is 11.6 Å². The number of imidazole rings is 2. The van der Waals surface area contributed by atoms with Gasteiger partial charge in [0.05, 0.1) is 36.2 Å². The molecule has 1 fully saturated rings. The Morgan fingerprint density at radius 3 is 2.81 bits per heavy atom. The number of nitrogens with one attached hydrogen (secondary N) is 1. The lowest BCUT2D eigenvalue weighted by Crippen LogP contribution is -2.27. The number of hydrogen-bond donors (Lipinski definition) is 1. The van der Waals surface area contributed by atoms with E-state index in [1.165, 1.54) is 12.8 Å². The molecule has 1 aliphatic carbocycles. The third-order valence-electron chi connectivity index (χ3n) is 4.90. The maximum absolute atomic E-state index is 13.1. The summed E-state index contributed by atoms with van der Waals surface area (Å²) < 4.78 is 5.21. The zero-order valence-electron chi connectivity index (χ0n) is 15.2. The summed E-state index contributed by atoms with van der Waals surface area (Å²) in [7, 11) is 0. The summed E-state index contributed by atoms with van der Waals surface area (Å²) >= 11 is 0. The summed E-state index contributed by atoms with van der Waals surface area (Å²) in [6.07, 6.45) is 11.2. The quantitative estimate of drug-likeness (QED) is 0.585. The molecule has 1 aliphatic rings. The Balaban J connectivity index is 1.71.